The van der Waals surface area contributed by atoms with Gasteiger partial charge in [-0.05, 0) is 0 Å². The first-order valence-corrected chi connectivity index (χ1v) is 4.71. The van der Waals surface area contributed by atoms with Gasteiger partial charge in [0.15, 0.2) is 0 Å². The number of hydrogen-bond acceptors (Lipinski definition) is 3. The zero-order valence-corrected chi connectivity index (χ0v) is 8.03. The van der Waals surface area contributed by atoms with E-state index in [1.54, 1.807) is 11.8 Å². The molecule has 1 unspecified atom stereocenters. The number of carbonyl (C=O) groups is 1. The Morgan fingerprint density at radius 3 is 2.55 bits per heavy atom. The lowest BCUT2D eigenvalue weighted by Crippen LogP contribution is -2.19. The minimum absolute atomic E-state index is 0.0371. The Labute approximate surface area is 71.7 Å². The monoisotopic (exact) mass is 174 g/mol. The topological polar surface area (TPSA) is 26.3 Å². The second-order valence-electron chi connectivity index (χ2n) is 3.68. The SMILES string of the molecule is CC(C)(C)SC1CCOC1=O. The van der Waals surface area contributed by atoms with Crippen molar-refractivity contribution in [3.8, 4) is 0 Å². The van der Waals surface area contributed by atoms with Crippen LogP contribution in [-0.2, 0) is 9.53 Å². The molecule has 0 amide bonds. The molecule has 2 nitrogen and oxygen atoms in total. The third-order valence-corrected chi connectivity index (χ3v) is 2.80. The fraction of sp³-hybridized carbons (Fsp3) is 0.875. The third-order valence-electron chi connectivity index (χ3n) is 1.38. The molecule has 1 saturated heterocycles. The molecular formula is C8H14O2S. The van der Waals surface area contributed by atoms with Gasteiger partial charge >= 0.3 is 5.97 Å². The number of thioether (sulfide) groups is 1. The highest BCUT2D eigenvalue weighted by atomic mass is 32.2. The van der Waals surface area contributed by atoms with Crippen LogP contribution < -0.4 is 0 Å². The molecule has 0 aliphatic carbocycles. The van der Waals surface area contributed by atoms with E-state index in [2.05, 4.69) is 20.8 Å². The van der Waals surface area contributed by atoms with Crippen LogP contribution >= 0.6 is 11.8 Å². The highest BCUT2D eigenvalue weighted by Gasteiger charge is 2.30. The van der Waals surface area contributed by atoms with Crippen LogP contribution in [-0.4, -0.2) is 22.6 Å². The first-order chi connectivity index (χ1) is 4.99. The summed E-state index contributed by atoms with van der Waals surface area (Å²) in [5, 5.41) is 0.0787. The summed E-state index contributed by atoms with van der Waals surface area (Å²) in [7, 11) is 0. The van der Waals surface area contributed by atoms with Crippen molar-refractivity contribution in [1.82, 2.24) is 0 Å². The van der Waals surface area contributed by atoms with Gasteiger partial charge in [0, 0.05) is 11.2 Å². The van der Waals surface area contributed by atoms with E-state index in [1.165, 1.54) is 0 Å². The summed E-state index contributed by atoms with van der Waals surface area (Å²) >= 11 is 1.70. The number of esters is 1. The van der Waals surface area contributed by atoms with Crippen molar-refractivity contribution < 1.29 is 9.53 Å². The minimum Gasteiger partial charge on any atom is -0.465 e. The maximum absolute atomic E-state index is 11.0. The largest absolute Gasteiger partial charge is 0.465 e. The zero-order valence-electron chi connectivity index (χ0n) is 7.22. The summed E-state index contributed by atoms with van der Waals surface area (Å²) in [6.45, 7) is 6.95. The molecule has 1 fully saturated rings. The number of hydrogen-bond donors (Lipinski definition) is 0. The Morgan fingerprint density at radius 2 is 2.18 bits per heavy atom. The van der Waals surface area contributed by atoms with E-state index < -0.39 is 0 Å². The van der Waals surface area contributed by atoms with E-state index in [0.29, 0.717) is 6.61 Å². The van der Waals surface area contributed by atoms with Crippen LogP contribution in [0.3, 0.4) is 0 Å². The van der Waals surface area contributed by atoms with Crippen LogP contribution in [0.4, 0.5) is 0 Å². The van der Waals surface area contributed by atoms with Crippen molar-refractivity contribution in [2.45, 2.75) is 37.2 Å². The van der Waals surface area contributed by atoms with Gasteiger partial charge < -0.3 is 4.74 Å². The Kier molecular flexibility index (Phi) is 2.47. The van der Waals surface area contributed by atoms with E-state index in [9.17, 15) is 4.79 Å². The van der Waals surface area contributed by atoms with Gasteiger partial charge in [0.1, 0.15) is 5.25 Å². The molecule has 1 aliphatic rings. The maximum Gasteiger partial charge on any atom is 0.319 e. The van der Waals surface area contributed by atoms with Crippen molar-refractivity contribution in [3.05, 3.63) is 0 Å². The first-order valence-electron chi connectivity index (χ1n) is 3.83. The van der Waals surface area contributed by atoms with E-state index in [-0.39, 0.29) is 16.0 Å². The van der Waals surface area contributed by atoms with Gasteiger partial charge in [0.25, 0.3) is 0 Å². The van der Waals surface area contributed by atoms with Crippen molar-refractivity contribution in [2.75, 3.05) is 6.61 Å². The molecule has 0 saturated carbocycles. The highest BCUT2D eigenvalue weighted by molar-refractivity contribution is 8.01. The lowest BCUT2D eigenvalue weighted by molar-refractivity contribution is -0.137. The van der Waals surface area contributed by atoms with Crippen molar-refractivity contribution in [3.63, 3.8) is 0 Å². The summed E-state index contributed by atoms with van der Waals surface area (Å²) in [4.78, 5) is 11.0. The Balaban J connectivity index is 2.43. The predicted molar refractivity (Wildman–Crippen MR) is 46.7 cm³/mol. The van der Waals surface area contributed by atoms with Crippen molar-refractivity contribution in [1.29, 1.82) is 0 Å². The quantitative estimate of drug-likeness (QED) is 0.567. The van der Waals surface area contributed by atoms with Crippen molar-refractivity contribution in [2.24, 2.45) is 0 Å². The second kappa shape index (κ2) is 3.05. The van der Waals surface area contributed by atoms with Gasteiger partial charge in [-0.1, -0.05) is 20.8 Å². The van der Waals surface area contributed by atoms with Crippen molar-refractivity contribution >= 4 is 17.7 Å². The fourth-order valence-electron chi connectivity index (χ4n) is 1.01. The lowest BCUT2D eigenvalue weighted by atomic mass is 10.3. The summed E-state index contributed by atoms with van der Waals surface area (Å²) in [6.07, 6.45) is 0.876. The van der Waals surface area contributed by atoms with Gasteiger partial charge in [-0.3, -0.25) is 4.79 Å². The smallest absolute Gasteiger partial charge is 0.319 e. The molecule has 11 heavy (non-hydrogen) atoms. The summed E-state index contributed by atoms with van der Waals surface area (Å²) < 4.78 is 5.01. The molecule has 0 aromatic carbocycles. The van der Waals surface area contributed by atoms with Gasteiger partial charge in [-0.15, -0.1) is 11.8 Å². The van der Waals surface area contributed by atoms with Gasteiger partial charge in [0.05, 0.1) is 6.61 Å². The molecule has 0 spiro atoms. The van der Waals surface area contributed by atoms with Crippen LogP contribution in [0.25, 0.3) is 0 Å². The van der Waals surface area contributed by atoms with Crippen LogP contribution in [0.15, 0.2) is 0 Å². The van der Waals surface area contributed by atoms with Gasteiger partial charge in [0.2, 0.25) is 0 Å². The normalized spacial score (nSPS) is 25.4. The van der Waals surface area contributed by atoms with E-state index in [4.69, 9.17) is 4.74 Å². The zero-order chi connectivity index (χ0) is 8.48. The average Bonchev–Trinajstić information content (AvgIpc) is 2.12. The molecule has 0 aromatic heterocycles. The molecule has 1 rings (SSSR count). The molecule has 0 N–H and O–H groups in total. The molecule has 1 heterocycles. The van der Waals surface area contributed by atoms with Crippen LogP contribution in [0, 0.1) is 0 Å². The van der Waals surface area contributed by atoms with E-state index in [1.807, 2.05) is 0 Å². The Hall–Kier alpha value is -0.180. The Bertz CT molecular complexity index is 160. The Morgan fingerprint density at radius 1 is 1.55 bits per heavy atom. The fourth-order valence-corrected chi connectivity index (χ4v) is 2.24. The highest BCUT2D eigenvalue weighted by Crippen LogP contribution is 2.32. The lowest BCUT2D eigenvalue weighted by Gasteiger charge is -2.19. The number of ether oxygens (including phenoxy) is 1. The molecule has 0 aromatic rings. The first kappa shape index (κ1) is 8.91. The molecule has 0 radical (unpaired) electrons. The van der Waals surface area contributed by atoms with Crippen LogP contribution in [0.5, 0.6) is 0 Å². The molecular weight excluding hydrogens is 160 g/mol. The van der Waals surface area contributed by atoms with E-state index >= 15 is 0 Å². The van der Waals surface area contributed by atoms with Gasteiger partial charge in [-0.25, -0.2) is 0 Å². The molecule has 3 heteroatoms. The molecule has 64 valence electrons. The number of cyclic esters (lactones) is 1. The molecule has 1 atom stereocenters. The predicted octanol–water partition coefficient (Wildman–Crippen LogP) is 1.83. The third kappa shape index (κ3) is 2.73. The second-order valence-corrected chi connectivity index (χ2v) is 5.70. The number of carbonyl (C=O) groups excluding carboxylic acids is 1. The summed E-state index contributed by atoms with van der Waals surface area (Å²) in [5.41, 5.74) is 0. The van der Waals surface area contributed by atoms with Crippen LogP contribution in [0.1, 0.15) is 27.2 Å². The average molecular weight is 174 g/mol. The standard InChI is InChI=1S/C8H14O2S/c1-8(2,3)11-6-4-5-10-7(6)9/h6H,4-5H2,1-3H3. The molecule has 1 aliphatic heterocycles. The number of rotatable bonds is 1. The minimum atomic E-state index is -0.0371. The van der Waals surface area contributed by atoms with Gasteiger partial charge in [-0.2, -0.15) is 0 Å². The van der Waals surface area contributed by atoms with E-state index in [0.717, 1.165) is 6.42 Å². The summed E-state index contributed by atoms with van der Waals surface area (Å²) in [6, 6.07) is 0. The maximum atomic E-state index is 11.0. The van der Waals surface area contributed by atoms with Crippen LogP contribution in [0.2, 0.25) is 0 Å². The molecule has 0 bridgehead atoms. The summed E-state index contributed by atoms with van der Waals surface area (Å²) in [5.74, 6) is -0.0371.